The highest BCUT2D eigenvalue weighted by atomic mass is 35.5. The van der Waals surface area contributed by atoms with Crippen LogP contribution in [0.25, 0.3) is 0 Å². The second kappa shape index (κ2) is 5.68. The highest BCUT2D eigenvalue weighted by molar-refractivity contribution is 7.89. The first-order valence-corrected chi connectivity index (χ1v) is 8.99. The minimum atomic E-state index is -3.64. The Balaban J connectivity index is 2.02. The molecule has 0 aliphatic heterocycles. The molecule has 1 atom stereocenters. The zero-order chi connectivity index (χ0) is 15.9. The van der Waals surface area contributed by atoms with E-state index in [-0.39, 0.29) is 17.1 Å². The van der Waals surface area contributed by atoms with Gasteiger partial charge >= 0.3 is 0 Å². The Labute approximate surface area is 135 Å². The van der Waals surface area contributed by atoms with E-state index in [1.54, 1.807) is 22.0 Å². The van der Waals surface area contributed by atoms with E-state index in [4.69, 9.17) is 11.6 Å². The number of nitrogens with zero attached hydrogens (tertiary/aromatic N) is 3. The summed E-state index contributed by atoms with van der Waals surface area (Å²) in [5.74, 6) is 0. The summed E-state index contributed by atoms with van der Waals surface area (Å²) < 4.78 is 29.1. The van der Waals surface area contributed by atoms with Crippen LogP contribution in [-0.2, 0) is 17.1 Å². The summed E-state index contributed by atoms with van der Waals surface area (Å²) in [6.07, 6.45) is 4.78. The molecule has 1 fully saturated rings. The fourth-order valence-corrected chi connectivity index (χ4v) is 4.75. The Morgan fingerprint density at radius 3 is 2.59 bits per heavy atom. The maximum Gasteiger partial charge on any atom is 0.262 e. The second-order valence-electron chi connectivity index (χ2n) is 5.64. The van der Waals surface area contributed by atoms with Gasteiger partial charge in [-0.2, -0.15) is 4.31 Å². The van der Waals surface area contributed by atoms with Crippen molar-refractivity contribution in [2.75, 3.05) is 0 Å². The van der Waals surface area contributed by atoms with Crippen LogP contribution in [0.1, 0.15) is 31.4 Å². The lowest BCUT2D eigenvalue weighted by Crippen LogP contribution is -2.36. The van der Waals surface area contributed by atoms with Gasteiger partial charge in [0.15, 0.2) is 5.03 Å². The highest BCUT2D eigenvalue weighted by Crippen LogP contribution is 2.40. The third kappa shape index (κ3) is 2.78. The Morgan fingerprint density at radius 1 is 1.36 bits per heavy atom. The van der Waals surface area contributed by atoms with Crippen molar-refractivity contribution in [2.45, 2.75) is 36.9 Å². The van der Waals surface area contributed by atoms with Gasteiger partial charge in [0.25, 0.3) is 10.0 Å². The molecular weight excluding hydrogens is 322 g/mol. The summed E-state index contributed by atoms with van der Waals surface area (Å²) in [6.45, 7) is 1.88. The zero-order valence-electron chi connectivity index (χ0n) is 12.5. The number of hydrogen-bond donors (Lipinski definition) is 0. The van der Waals surface area contributed by atoms with Gasteiger partial charge in [0.2, 0.25) is 0 Å². The van der Waals surface area contributed by atoms with Gasteiger partial charge in [-0.3, -0.25) is 0 Å². The van der Waals surface area contributed by atoms with E-state index in [2.05, 4.69) is 4.98 Å². The first-order chi connectivity index (χ1) is 10.4. The van der Waals surface area contributed by atoms with Crippen LogP contribution in [0, 0.1) is 0 Å². The molecule has 1 aliphatic carbocycles. The SMILES string of the molecule is C[C@@H](c1ccccc1Cl)N(C1CC1)S(=O)(=O)c1cn(C)cn1. The predicted octanol–water partition coefficient (Wildman–Crippen LogP) is 2.99. The number of sulfonamides is 1. The van der Waals surface area contributed by atoms with E-state index in [0.29, 0.717) is 5.02 Å². The standard InChI is InChI=1S/C15H18ClN3O2S/c1-11(13-5-3-4-6-14(13)16)19(12-7-8-12)22(20,21)15-9-18(2)10-17-15/h3-6,9-12H,7-8H2,1-2H3/t11-/m0/s1. The number of aromatic nitrogens is 2. The van der Waals surface area contributed by atoms with E-state index < -0.39 is 10.0 Å². The molecule has 1 aromatic heterocycles. The molecule has 1 heterocycles. The fourth-order valence-electron chi connectivity index (χ4n) is 2.63. The Hall–Kier alpha value is -1.37. The number of hydrogen-bond acceptors (Lipinski definition) is 3. The number of aryl methyl sites for hydroxylation is 1. The predicted molar refractivity (Wildman–Crippen MR) is 85.1 cm³/mol. The number of imidazole rings is 1. The molecule has 0 radical (unpaired) electrons. The molecule has 118 valence electrons. The second-order valence-corrected chi connectivity index (χ2v) is 7.84. The summed E-state index contributed by atoms with van der Waals surface area (Å²) >= 11 is 6.25. The Kier molecular flexibility index (Phi) is 4.01. The van der Waals surface area contributed by atoms with E-state index in [0.717, 1.165) is 18.4 Å². The third-order valence-electron chi connectivity index (χ3n) is 3.87. The Morgan fingerprint density at radius 2 is 2.05 bits per heavy atom. The average Bonchev–Trinajstić information content (AvgIpc) is 3.18. The van der Waals surface area contributed by atoms with E-state index in [1.165, 1.54) is 12.5 Å². The first kappa shape index (κ1) is 15.5. The molecule has 2 aromatic rings. The van der Waals surface area contributed by atoms with Gasteiger partial charge in [0.05, 0.1) is 6.33 Å². The molecule has 0 bridgehead atoms. The van der Waals surface area contributed by atoms with Crippen molar-refractivity contribution in [3.8, 4) is 0 Å². The van der Waals surface area contributed by atoms with E-state index in [1.807, 2.05) is 25.1 Å². The third-order valence-corrected chi connectivity index (χ3v) is 6.12. The maximum atomic E-state index is 13.0. The van der Waals surface area contributed by atoms with Crippen molar-refractivity contribution in [1.82, 2.24) is 13.9 Å². The van der Waals surface area contributed by atoms with Gasteiger partial charge in [0, 0.05) is 30.4 Å². The highest BCUT2D eigenvalue weighted by Gasteiger charge is 2.42. The van der Waals surface area contributed by atoms with Crippen LogP contribution in [0.3, 0.4) is 0 Å². The lowest BCUT2D eigenvalue weighted by molar-refractivity contribution is 0.333. The first-order valence-electron chi connectivity index (χ1n) is 7.17. The summed E-state index contributed by atoms with van der Waals surface area (Å²) in [4.78, 5) is 4.02. The van der Waals surface area contributed by atoms with E-state index >= 15 is 0 Å². The van der Waals surface area contributed by atoms with Crippen LogP contribution < -0.4 is 0 Å². The molecule has 0 N–H and O–H groups in total. The van der Waals surface area contributed by atoms with Crippen molar-refractivity contribution in [2.24, 2.45) is 7.05 Å². The van der Waals surface area contributed by atoms with Crippen molar-refractivity contribution < 1.29 is 8.42 Å². The quantitative estimate of drug-likeness (QED) is 0.841. The molecule has 0 unspecified atom stereocenters. The minimum Gasteiger partial charge on any atom is -0.339 e. The van der Waals surface area contributed by atoms with Crippen LogP contribution >= 0.6 is 11.6 Å². The van der Waals surface area contributed by atoms with Gasteiger partial charge in [-0.25, -0.2) is 13.4 Å². The van der Waals surface area contributed by atoms with Crippen LogP contribution in [0.15, 0.2) is 41.8 Å². The normalized spacial score (nSPS) is 16.9. The molecular formula is C15H18ClN3O2S. The van der Waals surface area contributed by atoms with Crippen LogP contribution in [0.2, 0.25) is 5.02 Å². The van der Waals surface area contributed by atoms with Crippen molar-refractivity contribution in [3.63, 3.8) is 0 Å². The van der Waals surface area contributed by atoms with Crippen molar-refractivity contribution >= 4 is 21.6 Å². The largest absolute Gasteiger partial charge is 0.339 e. The molecule has 0 spiro atoms. The molecule has 1 aliphatic rings. The van der Waals surface area contributed by atoms with Crippen LogP contribution in [0.4, 0.5) is 0 Å². The smallest absolute Gasteiger partial charge is 0.262 e. The van der Waals surface area contributed by atoms with Gasteiger partial charge in [-0.1, -0.05) is 29.8 Å². The summed E-state index contributed by atoms with van der Waals surface area (Å²) in [6, 6.07) is 7.07. The number of halogens is 1. The van der Waals surface area contributed by atoms with Crippen LogP contribution in [0.5, 0.6) is 0 Å². The lowest BCUT2D eigenvalue weighted by Gasteiger charge is -2.28. The lowest BCUT2D eigenvalue weighted by atomic mass is 10.1. The molecule has 0 saturated heterocycles. The molecule has 3 rings (SSSR count). The number of benzene rings is 1. The maximum absolute atomic E-state index is 13.0. The molecule has 5 nitrogen and oxygen atoms in total. The van der Waals surface area contributed by atoms with Crippen molar-refractivity contribution in [3.05, 3.63) is 47.4 Å². The van der Waals surface area contributed by atoms with Gasteiger partial charge in [0.1, 0.15) is 0 Å². The summed E-state index contributed by atoms with van der Waals surface area (Å²) in [7, 11) is -1.88. The zero-order valence-corrected chi connectivity index (χ0v) is 14.0. The number of rotatable bonds is 5. The summed E-state index contributed by atoms with van der Waals surface area (Å²) in [5, 5.41) is 0.665. The van der Waals surface area contributed by atoms with Crippen LogP contribution in [-0.4, -0.2) is 28.3 Å². The molecule has 0 amide bonds. The average molecular weight is 340 g/mol. The monoisotopic (exact) mass is 339 g/mol. The Bertz CT molecular complexity index is 784. The van der Waals surface area contributed by atoms with Gasteiger partial charge in [-0.15, -0.1) is 0 Å². The van der Waals surface area contributed by atoms with E-state index in [9.17, 15) is 8.42 Å². The minimum absolute atomic E-state index is 0.0262. The van der Waals surface area contributed by atoms with Gasteiger partial charge < -0.3 is 4.57 Å². The molecule has 22 heavy (non-hydrogen) atoms. The molecule has 1 saturated carbocycles. The fraction of sp³-hybridized carbons (Fsp3) is 0.400. The molecule has 1 aromatic carbocycles. The molecule has 7 heteroatoms. The van der Waals surface area contributed by atoms with Gasteiger partial charge in [-0.05, 0) is 31.4 Å². The topological polar surface area (TPSA) is 55.2 Å². The summed E-state index contributed by atoms with van der Waals surface area (Å²) in [5.41, 5.74) is 0.815. The van der Waals surface area contributed by atoms with Crippen molar-refractivity contribution in [1.29, 1.82) is 0 Å².